The van der Waals surface area contributed by atoms with Gasteiger partial charge in [0.15, 0.2) is 0 Å². The molecule has 19 heavy (non-hydrogen) atoms. The van der Waals surface area contributed by atoms with Crippen LogP contribution in [0.25, 0.3) is 0 Å². The molecule has 0 aliphatic heterocycles. The number of aliphatic hydroxyl groups is 1. The summed E-state index contributed by atoms with van der Waals surface area (Å²) in [5, 5.41) is 8.72. The molecule has 0 saturated heterocycles. The van der Waals surface area contributed by atoms with Crippen molar-refractivity contribution in [3.05, 3.63) is 29.3 Å². The van der Waals surface area contributed by atoms with E-state index in [1.807, 2.05) is 13.0 Å². The zero-order chi connectivity index (χ0) is 13.9. The molecule has 1 aliphatic carbocycles. The van der Waals surface area contributed by atoms with Crippen molar-refractivity contribution in [2.24, 2.45) is 5.92 Å². The van der Waals surface area contributed by atoms with Gasteiger partial charge in [-0.25, -0.2) is 8.42 Å². The van der Waals surface area contributed by atoms with Gasteiger partial charge in [-0.1, -0.05) is 17.9 Å². The molecule has 0 amide bonds. The zero-order valence-corrected chi connectivity index (χ0v) is 11.6. The van der Waals surface area contributed by atoms with Crippen LogP contribution in [0.1, 0.15) is 24.0 Å². The van der Waals surface area contributed by atoms with Crippen LogP contribution in [0.2, 0.25) is 0 Å². The molecule has 0 heterocycles. The summed E-state index contributed by atoms with van der Waals surface area (Å²) < 4.78 is 26.6. The predicted molar refractivity (Wildman–Crippen MR) is 75.3 cm³/mol. The molecule has 0 aromatic heterocycles. The number of nitrogens with one attached hydrogen (secondary N) is 1. The van der Waals surface area contributed by atoms with E-state index in [4.69, 9.17) is 5.11 Å². The van der Waals surface area contributed by atoms with Gasteiger partial charge in [0.1, 0.15) is 6.61 Å². The second-order valence-corrected chi connectivity index (χ2v) is 6.60. The third-order valence-corrected chi connectivity index (χ3v) is 4.34. The van der Waals surface area contributed by atoms with E-state index >= 15 is 0 Å². The maximum atomic E-state index is 12.0. The van der Waals surface area contributed by atoms with Crippen molar-refractivity contribution < 1.29 is 13.5 Å². The first-order valence-corrected chi connectivity index (χ1v) is 7.86. The van der Waals surface area contributed by atoms with Crippen molar-refractivity contribution >= 4 is 15.7 Å². The molecule has 0 radical (unpaired) electrons. The Morgan fingerprint density at radius 3 is 2.79 bits per heavy atom. The van der Waals surface area contributed by atoms with E-state index in [1.165, 1.54) is 0 Å². The molecule has 2 rings (SSSR count). The maximum absolute atomic E-state index is 12.0. The fraction of sp³-hybridized carbons (Fsp3) is 0.429. The Hall–Kier alpha value is -1.51. The van der Waals surface area contributed by atoms with Crippen molar-refractivity contribution in [2.45, 2.75) is 19.8 Å². The van der Waals surface area contributed by atoms with Gasteiger partial charge in [0.05, 0.1) is 11.4 Å². The standard InChI is InChI=1S/C14H17NO3S/c1-11-4-7-13(3-2-8-16)14(9-11)15-19(17,18)10-12-5-6-12/h4,7,9,12,15-16H,5-6,8,10H2,1H3. The third-order valence-electron chi connectivity index (χ3n) is 2.89. The molecule has 1 aliphatic rings. The molecule has 1 aromatic rings. The van der Waals surface area contributed by atoms with E-state index in [2.05, 4.69) is 16.6 Å². The lowest BCUT2D eigenvalue weighted by molar-refractivity contribution is 0.350. The summed E-state index contributed by atoms with van der Waals surface area (Å²) >= 11 is 0. The number of hydrogen-bond donors (Lipinski definition) is 2. The Morgan fingerprint density at radius 1 is 1.42 bits per heavy atom. The smallest absolute Gasteiger partial charge is 0.233 e. The number of anilines is 1. The van der Waals surface area contributed by atoms with Crippen LogP contribution in [-0.4, -0.2) is 25.9 Å². The van der Waals surface area contributed by atoms with Gasteiger partial charge in [0.2, 0.25) is 10.0 Å². The summed E-state index contributed by atoms with van der Waals surface area (Å²) in [6, 6.07) is 5.37. The summed E-state index contributed by atoms with van der Waals surface area (Å²) in [6.45, 7) is 1.64. The Morgan fingerprint density at radius 2 is 2.16 bits per heavy atom. The largest absolute Gasteiger partial charge is 0.384 e. The van der Waals surface area contributed by atoms with Crippen LogP contribution < -0.4 is 4.72 Å². The molecule has 4 nitrogen and oxygen atoms in total. The van der Waals surface area contributed by atoms with Gasteiger partial charge in [-0.15, -0.1) is 0 Å². The highest BCUT2D eigenvalue weighted by Gasteiger charge is 2.28. The third kappa shape index (κ3) is 4.27. The highest BCUT2D eigenvalue weighted by atomic mass is 32.2. The van der Waals surface area contributed by atoms with Gasteiger partial charge in [0.25, 0.3) is 0 Å². The van der Waals surface area contributed by atoms with E-state index in [0.29, 0.717) is 17.2 Å². The van der Waals surface area contributed by atoms with Crippen LogP contribution in [-0.2, 0) is 10.0 Å². The van der Waals surface area contributed by atoms with Crippen LogP contribution in [0.15, 0.2) is 18.2 Å². The summed E-state index contributed by atoms with van der Waals surface area (Å²) in [6.07, 6.45) is 1.98. The Kier molecular flexibility index (Phi) is 4.13. The van der Waals surface area contributed by atoms with Gasteiger partial charge in [-0.3, -0.25) is 4.72 Å². The molecular formula is C14H17NO3S. The lowest BCUT2D eigenvalue weighted by Gasteiger charge is -2.10. The van der Waals surface area contributed by atoms with Crippen LogP contribution in [0.3, 0.4) is 0 Å². The minimum absolute atomic E-state index is 0.174. The van der Waals surface area contributed by atoms with E-state index in [9.17, 15) is 8.42 Å². The molecule has 0 atom stereocenters. The van der Waals surface area contributed by atoms with Crippen molar-refractivity contribution in [1.82, 2.24) is 0 Å². The Bertz CT molecular complexity index is 622. The first-order chi connectivity index (χ1) is 9.00. The van der Waals surface area contributed by atoms with E-state index in [-0.39, 0.29) is 12.4 Å². The number of aliphatic hydroxyl groups excluding tert-OH is 1. The normalized spacial score (nSPS) is 14.6. The summed E-state index contributed by atoms with van der Waals surface area (Å²) in [5.74, 6) is 5.76. The zero-order valence-electron chi connectivity index (χ0n) is 10.8. The summed E-state index contributed by atoms with van der Waals surface area (Å²) in [4.78, 5) is 0. The molecule has 1 fully saturated rings. The van der Waals surface area contributed by atoms with Crippen molar-refractivity contribution in [3.8, 4) is 11.8 Å². The Balaban J connectivity index is 2.24. The molecule has 5 heteroatoms. The molecule has 1 aromatic carbocycles. The van der Waals surface area contributed by atoms with Gasteiger partial charge < -0.3 is 5.11 Å². The number of rotatable bonds is 4. The molecular weight excluding hydrogens is 262 g/mol. The predicted octanol–water partition coefficient (Wildman–Crippen LogP) is 1.49. The Labute approximate surface area is 113 Å². The van der Waals surface area contributed by atoms with E-state index in [0.717, 1.165) is 18.4 Å². The van der Waals surface area contributed by atoms with Crippen LogP contribution in [0, 0.1) is 24.7 Å². The van der Waals surface area contributed by atoms with Gasteiger partial charge in [-0.05, 0) is 43.4 Å². The van der Waals surface area contributed by atoms with E-state index in [1.54, 1.807) is 12.1 Å². The van der Waals surface area contributed by atoms with E-state index < -0.39 is 10.0 Å². The molecule has 102 valence electrons. The number of sulfonamides is 1. The fourth-order valence-electron chi connectivity index (χ4n) is 1.79. The first kappa shape index (κ1) is 13.9. The van der Waals surface area contributed by atoms with Crippen LogP contribution in [0.4, 0.5) is 5.69 Å². The molecule has 0 spiro atoms. The molecule has 1 saturated carbocycles. The quantitative estimate of drug-likeness (QED) is 0.821. The molecule has 2 N–H and O–H groups in total. The van der Waals surface area contributed by atoms with Crippen molar-refractivity contribution in [2.75, 3.05) is 17.1 Å². The average molecular weight is 279 g/mol. The lowest BCUT2D eigenvalue weighted by Crippen LogP contribution is -2.18. The lowest BCUT2D eigenvalue weighted by atomic mass is 10.1. The number of benzene rings is 1. The topological polar surface area (TPSA) is 66.4 Å². The second-order valence-electron chi connectivity index (χ2n) is 4.84. The number of hydrogen-bond acceptors (Lipinski definition) is 3. The summed E-state index contributed by atoms with van der Waals surface area (Å²) in [7, 11) is -3.32. The van der Waals surface area contributed by atoms with Gasteiger partial charge in [-0.2, -0.15) is 0 Å². The highest BCUT2D eigenvalue weighted by molar-refractivity contribution is 7.92. The average Bonchev–Trinajstić information content (AvgIpc) is 3.10. The van der Waals surface area contributed by atoms with Crippen LogP contribution in [0.5, 0.6) is 0 Å². The number of aryl methyl sites for hydroxylation is 1. The fourth-order valence-corrected chi connectivity index (χ4v) is 3.33. The highest BCUT2D eigenvalue weighted by Crippen LogP contribution is 2.31. The van der Waals surface area contributed by atoms with Crippen LogP contribution >= 0.6 is 0 Å². The first-order valence-electron chi connectivity index (χ1n) is 6.21. The van der Waals surface area contributed by atoms with Gasteiger partial charge >= 0.3 is 0 Å². The van der Waals surface area contributed by atoms with Crippen molar-refractivity contribution in [1.29, 1.82) is 0 Å². The SMILES string of the molecule is Cc1ccc(C#CCO)c(NS(=O)(=O)CC2CC2)c1. The van der Waals surface area contributed by atoms with Crippen molar-refractivity contribution in [3.63, 3.8) is 0 Å². The minimum atomic E-state index is -3.32. The maximum Gasteiger partial charge on any atom is 0.233 e. The monoisotopic (exact) mass is 279 g/mol. The second kappa shape index (κ2) is 5.64. The van der Waals surface area contributed by atoms with Gasteiger partial charge in [0, 0.05) is 5.56 Å². The molecule has 0 bridgehead atoms. The minimum Gasteiger partial charge on any atom is -0.384 e. The molecule has 0 unspecified atom stereocenters. The summed E-state index contributed by atoms with van der Waals surface area (Å²) in [5.41, 5.74) is 2.03.